The summed E-state index contributed by atoms with van der Waals surface area (Å²) in [6, 6.07) is 17.3. The van der Waals surface area contributed by atoms with Gasteiger partial charge in [-0.2, -0.15) is 9.90 Å². The largest absolute Gasteiger partial charge is 0.320 e. The summed E-state index contributed by atoms with van der Waals surface area (Å²) < 4.78 is 0. The maximum absolute atomic E-state index is 12.7. The zero-order chi connectivity index (χ0) is 17.8. The first-order valence-corrected chi connectivity index (χ1v) is 8.08. The van der Waals surface area contributed by atoms with Crippen LogP contribution in [0.15, 0.2) is 54.6 Å². The molecule has 0 aliphatic rings. The van der Waals surface area contributed by atoms with Gasteiger partial charge in [-0.25, -0.2) is 0 Å². The van der Waals surface area contributed by atoms with Gasteiger partial charge >= 0.3 is 0 Å². The fourth-order valence-corrected chi connectivity index (χ4v) is 2.57. The number of hydrogen-bond donors (Lipinski definition) is 1. The van der Waals surface area contributed by atoms with Gasteiger partial charge in [0.1, 0.15) is 0 Å². The summed E-state index contributed by atoms with van der Waals surface area (Å²) in [5.41, 5.74) is 3.57. The van der Waals surface area contributed by atoms with Crippen LogP contribution in [-0.2, 0) is 6.54 Å². The molecular weight excluding hydrogens is 314 g/mol. The third-order valence-electron chi connectivity index (χ3n) is 3.74. The molecule has 1 heterocycles. The van der Waals surface area contributed by atoms with E-state index in [9.17, 15) is 4.79 Å². The van der Waals surface area contributed by atoms with Crippen molar-refractivity contribution in [1.82, 2.24) is 19.9 Å². The minimum Gasteiger partial charge on any atom is -0.320 e. The van der Waals surface area contributed by atoms with Gasteiger partial charge in [0, 0.05) is 12.2 Å². The smallest absolute Gasteiger partial charge is 0.278 e. The molecule has 1 N–H and O–H groups in total. The molecule has 25 heavy (non-hydrogen) atoms. The predicted octanol–water partition coefficient (Wildman–Crippen LogP) is 2.89. The first kappa shape index (κ1) is 16.9. The Bertz CT molecular complexity index is 871. The Morgan fingerprint density at radius 2 is 1.72 bits per heavy atom. The van der Waals surface area contributed by atoms with E-state index in [1.807, 2.05) is 68.7 Å². The van der Waals surface area contributed by atoms with Crippen LogP contribution in [0.5, 0.6) is 0 Å². The Morgan fingerprint density at radius 1 is 1.04 bits per heavy atom. The summed E-state index contributed by atoms with van der Waals surface area (Å²) in [7, 11) is 3.99. The van der Waals surface area contributed by atoms with Crippen LogP contribution in [0, 0.1) is 6.92 Å². The number of carbonyl (C=O) groups is 1. The number of rotatable bonds is 5. The second-order valence-corrected chi connectivity index (χ2v) is 6.11. The Balaban J connectivity index is 1.84. The molecule has 6 nitrogen and oxygen atoms in total. The van der Waals surface area contributed by atoms with Gasteiger partial charge in [-0.05, 0) is 44.8 Å². The number of aryl methyl sites for hydroxylation is 1. The molecule has 0 aliphatic heterocycles. The van der Waals surface area contributed by atoms with Crippen LogP contribution in [-0.4, -0.2) is 39.9 Å². The topological polar surface area (TPSA) is 63.1 Å². The molecule has 0 atom stereocenters. The number of aromatic nitrogens is 3. The lowest BCUT2D eigenvalue weighted by Crippen LogP contribution is -2.17. The first-order valence-electron chi connectivity index (χ1n) is 8.08. The zero-order valence-electron chi connectivity index (χ0n) is 14.6. The molecule has 1 amide bonds. The fourth-order valence-electron chi connectivity index (χ4n) is 2.57. The summed E-state index contributed by atoms with van der Waals surface area (Å²) in [6.45, 7) is 2.53. The van der Waals surface area contributed by atoms with Gasteiger partial charge in [0.05, 0.1) is 11.4 Å². The van der Waals surface area contributed by atoms with Gasteiger partial charge in [-0.3, -0.25) is 4.79 Å². The van der Waals surface area contributed by atoms with Crippen LogP contribution >= 0.6 is 0 Å². The molecule has 128 valence electrons. The highest BCUT2D eigenvalue weighted by molar-refractivity contribution is 6.03. The van der Waals surface area contributed by atoms with Crippen LogP contribution in [0.1, 0.15) is 21.7 Å². The van der Waals surface area contributed by atoms with Crippen molar-refractivity contribution in [1.29, 1.82) is 0 Å². The maximum atomic E-state index is 12.7. The molecule has 0 saturated heterocycles. The SMILES string of the molecule is Cc1nn(-c2ccccc2)nc1C(=O)Nc1ccccc1CN(C)C. The van der Waals surface area contributed by atoms with Gasteiger partial charge in [-0.1, -0.05) is 36.4 Å². The first-order chi connectivity index (χ1) is 12.0. The Morgan fingerprint density at radius 3 is 2.44 bits per heavy atom. The number of amides is 1. The van der Waals surface area contributed by atoms with Crippen LogP contribution < -0.4 is 5.32 Å². The Labute approximate surface area is 147 Å². The highest BCUT2D eigenvalue weighted by atomic mass is 16.2. The predicted molar refractivity (Wildman–Crippen MR) is 97.9 cm³/mol. The van der Waals surface area contributed by atoms with Crippen molar-refractivity contribution >= 4 is 11.6 Å². The van der Waals surface area contributed by atoms with E-state index in [2.05, 4.69) is 20.4 Å². The van der Waals surface area contributed by atoms with Crippen LogP contribution in [0.25, 0.3) is 5.69 Å². The van der Waals surface area contributed by atoms with Gasteiger partial charge < -0.3 is 10.2 Å². The van der Waals surface area contributed by atoms with Crippen molar-refractivity contribution in [3.05, 3.63) is 71.5 Å². The molecule has 0 saturated carbocycles. The molecule has 0 aliphatic carbocycles. The second-order valence-electron chi connectivity index (χ2n) is 6.11. The normalized spacial score (nSPS) is 10.9. The lowest BCUT2D eigenvalue weighted by atomic mass is 10.1. The maximum Gasteiger partial charge on any atom is 0.278 e. The van der Waals surface area contributed by atoms with Gasteiger partial charge in [0.25, 0.3) is 5.91 Å². The summed E-state index contributed by atoms with van der Waals surface area (Å²) in [6.07, 6.45) is 0. The number of hydrogen-bond acceptors (Lipinski definition) is 4. The fraction of sp³-hybridized carbons (Fsp3) is 0.211. The monoisotopic (exact) mass is 335 g/mol. The molecule has 0 radical (unpaired) electrons. The highest BCUT2D eigenvalue weighted by Gasteiger charge is 2.17. The lowest BCUT2D eigenvalue weighted by Gasteiger charge is -2.14. The standard InChI is InChI=1S/C19H21N5O/c1-14-18(22-24(21-14)16-10-5-4-6-11-16)19(25)20-17-12-8-7-9-15(17)13-23(2)3/h4-12H,13H2,1-3H3,(H,20,25). The van der Waals surface area contributed by atoms with E-state index in [-0.39, 0.29) is 5.91 Å². The molecule has 3 rings (SSSR count). The van der Waals surface area contributed by atoms with E-state index < -0.39 is 0 Å². The minimum absolute atomic E-state index is 0.258. The van der Waals surface area contributed by atoms with Crippen molar-refractivity contribution in [2.45, 2.75) is 13.5 Å². The van der Waals surface area contributed by atoms with Crippen LogP contribution in [0.2, 0.25) is 0 Å². The molecule has 2 aromatic carbocycles. The van der Waals surface area contributed by atoms with E-state index in [1.54, 1.807) is 6.92 Å². The van der Waals surface area contributed by atoms with Crippen molar-refractivity contribution < 1.29 is 4.79 Å². The number of anilines is 1. The van der Waals surface area contributed by atoms with E-state index >= 15 is 0 Å². The van der Waals surface area contributed by atoms with Crippen LogP contribution in [0.3, 0.4) is 0 Å². The van der Waals surface area contributed by atoms with Gasteiger partial charge in [0.2, 0.25) is 0 Å². The average Bonchev–Trinajstić information content (AvgIpc) is 2.99. The summed E-state index contributed by atoms with van der Waals surface area (Å²) >= 11 is 0. The van der Waals surface area contributed by atoms with E-state index in [4.69, 9.17) is 0 Å². The molecule has 6 heteroatoms. The van der Waals surface area contributed by atoms with Gasteiger partial charge in [0.15, 0.2) is 5.69 Å². The number of nitrogens with one attached hydrogen (secondary N) is 1. The Kier molecular flexibility index (Phi) is 4.90. The Hall–Kier alpha value is -2.99. The third-order valence-corrected chi connectivity index (χ3v) is 3.74. The van der Waals surface area contributed by atoms with Crippen molar-refractivity contribution in [2.24, 2.45) is 0 Å². The molecule has 3 aromatic rings. The zero-order valence-corrected chi connectivity index (χ0v) is 14.6. The van der Waals surface area contributed by atoms with E-state index in [1.165, 1.54) is 4.80 Å². The second kappa shape index (κ2) is 7.27. The molecule has 0 unspecified atom stereocenters. The summed E-state index contributed by atoms with van der Waals surface area (Å²) in [4.78, 5) is 16.2. The number of para-hydroxylation sites is 2. The minimum atomic E-state index is -0.258. The summed E-state index contributed by atoms with van der Waals surface area (Å²) in [5, 5.41) is 11.7. The van der Waals surface area contributed by atoms with Crippen molar-refractivity contribution in [3.63, 3.8) is 0 Å². The van der Waals surface area contributed by atoms with E-state index in [0.717, 1.165) is 23.5 Å². The van der Waals surface area contributed by atoms with Crippen molar-refractivity contribution in [3.8, 4) is 5.69 Å². The molecule has 1 aromatic heterocycles. The van der Waals surface area contributed by atoms with Gasteiger partial charge in [-0.15, -0.1) is 5.10 Å². The van der Waals surface area contributed by atoms with Crippen molar-refractivity contribution in [2.75, 3.05) is 19.4 Å². The third kappa shape index (κ3) is 3.92. The molecule has 0 bridgehead atoms. The molecular formula is C19H21N5O. The highest BCUT2D eigenvalue weighted by Crippen LogP contribution is 2.18. The molecule has 0 spiro atoms. The quantitative estimate of drug-likeness (QED) is 0.779. The number of nitrogens with zero attached hydrogens (tertiary/aromatic N) is 4. The number of benzene rings is 2. The molecule has 0 fully saturated rings. The number of carbonyl (C=O) groups excluding carboxylic acids is 1. The summed E-state index contributed by atoms with van der Waals surface area (Å²) in [5.74, 6) is -0.258. The average molecular weight is 335 g/mol. The van der Waals surface area contributed by atoms with Crippen LogP contribution in [0.4, 0.5) is 5.69 Å². The lowest BCUT2D eigenvalue weighted by molar-refractivity contribution is 0.102. The van der Waals surface area contributed by atoms with E-state index in [0.29, 0.717) is 11.4 Å².